The lowest BCUT2D eigenvalue weighted by molar-refractivity contribution is -0.147. The first-order valence-corrected chi connectivity index (χ1v) is 12.4. The van der Waals surface area contributed by atoms with Crippen molar-refractivity contribution >= 4 is 15.8 Å². The summed E-state index contributed by atoms with van der Waals surface area (Å²) in [4.78, 5) is 14.0. The van der Waals surface area contributed by atoms with Crippen molar-refractivity contribution < 1.29 is 27.4 Å². The van der Waals surface area contributed by atoms with Crippen LogP contribution in [0.15, 0.2) is 47.4 Å². The quantitative estimate of drug-likeness (QED) is 0.523. The van der Waals surface area contributed by atoms with Gasteiger partial charge in [-0.2, -0.15) is 0 Å². The van der Waals surface area contributed by atoms with Crippen molar-refractivity contribution in [3.63, 3.8) is 0 Å². The lowest BCUT2D eigenvalue weighted by Crippen LogP contribution is -2.46. The van der Waals surface area contributed by atoms with E-state index in [1.54, 1.807) is 13.0 Å². The van der Waals surface area contributed by atoms with Gasteiger partial charge in [-0.1, -0.05) is 24.3 Å². The fourth-order valence-electron chi connectivity index (χ4n) is 3.98. The van der Waals surface area contributed by atoms with Gasteiger partial charge in [-0.05, 0) is 36.6 Å². The van der Waals surface area contributed by atoms with Gasteiger partial charge in [-0.3, -0.25) is 15.0 Å². The molecule has 1 aliphatic heterocycles. The molecular formula is C24H32N2O6S. The van der Waals surface area contributed by atoms with Crippen molar-refractivity contribution in [2.75, 3.05) is 33.9 Å². The Hall–Kier alpha value is -2.62. The Bertz CT molecular complexity index is 1070. The van der Waals surface area contributed by atoms with E-state index in [9.17, 15) is 13.2 Å². The molecule has 33 heavy (non-hydrogen) atoms. The van der Waals surface area contributed by atoms with Crippen LogP contribution in [0.4, 0.5) is 0 Å². The lowest BCUT2D eigenvalue weighted by atomic mass is 10.00. The summed E-state index contributed by atoms with van der Waals surface area (Å²) in [5.41, 5.74) is 2.60. The molecule has 3 rings (SSSR count). The molecule has 1 N–H and O–H groups in total. The molecular weight excluding hydrogens is 444 g/mol. The average molecular weight is 477 g/mol. The molecule has 2 aromatic rings. The Morgan fingerprint density at radius 1 is 1.09 bits per heavy atom. The zero-order valence-electron chi connectivity index (χ0n) is 19.5. The molecule has 0 bridgehead atoms. The number of methoxy groups -OCH3 is 2. The van der Waals surface area contributed by atoms with E-state index in [4.69, 9.17) is 14.2 Å². The second-order valence-electron chi connectivity index (χ2n) is 8.10. The number of hydrogen-bond acceptors (Lipinski definition) is 8. The molecule has 0 spiro atoms. The number of fused-ring (bicyclic) bond motifs is 1. The second-order valence-corrected chi connectivity index (χ2v) is 10.4. The molecule has 1 aliphatic rings. The highest BCUT2D eigenvalue weighted by Gasteiger charge is 2.27. The normalized spacial score (nSPS) is 15.9. The summed E-state index contributed by atoms with van der Waals surface area (Å²) in [6.07, 6.45) is 0.455. The summed E-state index contributed by atoms with van der Waals surface area (Å²) in [6.45, 7) is 5.30. The highest BCUT2D eigenvalue weighted by atomic mass is 32.2. The maximum absolute atomic E-state index is 13.1. The Morgan fingerprint density at radius 2 is 1.79 bits per heavy atom. The number of hydrogen-bond donors (Lipinski definition) is 1. The van der Waals surface area contributed by atoms with E-state index in [2.05, 4.69) is 22.3 Å². The summed E-state index contributed by atoms with van der Waals surface area (Å²) < 4.78 is 42.1. The number of sulfone groups is 1. The third kappa shape index (κ3) is 6.25. The van der Waals surface area contributed by atoms with Crippen LogP contribution < -0.4 is 14.8 Å². The Labute approximate surface area is 195 Å². The van der Waals surface area contributed by atoms with Gasteiger partial charge in [0.15, 0.2) is 21.3 Å². The Morgan fingerprint density at radius 3 is 2.45 bits per heavy atom. The lowest BCUT2D eigenvalue weighted by Gasteiger charge is -2.32. The number of rotatable bonds is 10. The van der Waals surface area contributed by atoms with Crippen LogP contribution in [0.2, 0.25) is 0 Å². The van der Waals surface area contributed by atoms with E-state index >= 15 is 0 Å². The minimum atomic E-state index is -3.69. The zero-order valence-corrected chi connectivity index (χ0v) is 20.4. The van der Waals surface area contributed by atoms with Crippen LogP contribution >= 0.6 is 0 Å². The van der Waals surface area contributed by atoms with Crippen molar-refractivity contribution in [3.8, 4) is 11.5 Å². The van der Waals surface area contributed by atoms with Crippen LogP contribution in [0.25, 0.3) is 0 Å². The fraction of sp³-hybridized carbons (Fsp3) is 0.458. The van der Waals surface area contributed by atoms with Crippen molar-refractivity contribution in [2.24, 2.45) is 0 Å². The van der Waals surface area contributed by atoms with E-state index in [0.29, 0.717) is 18.0 Å². The number of nitrogens with one attached hydrogen (secondary N) is 1. The summed E-state index contributed by atoms with van der Waals surface area (Å²) in [6, 6.07) is 12.8. The van der Waals surface area contributed by atoms with E-state index in [0.717, 1.165) is 19.5 Å². The van der Waals surface area contributed by atoms with Crippen molar-refractivity contribution in [3.05, 3.63) is 53.6 Å². The maximum atomic E-state index is 13.1. The second kappa shape index (κ2) is 11.0. The number of esters is 1. The SMILES string of the molecule is COc1ccc(S(=O)(=O)C(C)NCC(CN2CCc3ccccc3C2)OC(C)=O)cc1OC. The molecule has 0 radical (unpaired) electrons. The first kappa shape index (κ1) is 25.0. The number of carbonyl (C=O) groups excluding carboxylic acids is 1. The number of ether oxygens (including phenoxy) is 3. The van der Waals surface area contributed by atoms with Crippen LogP contribution in [0, 0.1) is 0 Å². The van der Waals surface area contributed by atoms with E-state index in [1.807, 2.05) is 12.1 Å². The monoisotopic (exact) mass is 476 g/mol. The molecule has 9 heteroatoms. The standard InChI is InChI=1S/C24H32N2O6S/c1-17(33(28,29)22-9-10-23(30-3)24(13-22)31-4)25-14-21(32-18(2)27)16-26-12-11-19-7-5-6-8-20(19)15-26/h5-10,13,17,21,25H,11-12,14-16H2,1-4H3. The number of benzene rings is 2. The average Bonchev–Trinajstić information content (AvgIpc) is 2.81. The van der Waals surface area contributed by atoms with Crippen LogP contribution in [-0.2, 0) is 32.3 Å². The van der Waals surface area contributed by atoms with Gasteiger partial charge in [-0.25, -0.2) is 8.42 Å². The molecule has 0 amide bonds. The highest BCUT2D eigenvalue weighted by molar-refractivity contribution is 7.92. The molecule has 0 aliphatic carbocycles. The summed E-state index contributed by atoms with van der Waals surface area (Å²) in [5.74, 6) is 0.402. The van der Waals surface area contributed by atoms with Gasteiger partial charge in [0, 0.05) is 39.2 Å². The molecule has 2 unspecified atom stereocenters. The predicted octanol–water partition coefficient (Wildman–Crippen LogP) is 2.40. The summed E-state index contributed by atoms with van der Waals surface area (Å²) in [5, 5.41) is 2.14. The van der Waals surface area contributed by atoms with Gasteiger partial charge in [-0.15, -0.1) is 0 Å². The summed E-state index contributed by atoms with van der Waals surface area (Å²) in [7, 11) is -0.745. The molecule has 2 aromatic carbocycles. The first-order chi connectivity index (χ1) is 15.7. The number of nitrogens with zero attached hydrogens (tertiary/aromatic N) is 1. The van der Waals surface area contributed by atoms with Gasteiger partial charge in [0.1, 0.15) is 11.5 Å². The molecule has 0 saturated heterocycles. The van der Waals surface area contributed by atoms with Crippen LogP contribution in [-0.4, -0.2) is 64.6 Å². The van der Waals surface area contributed by atoms with Crippen molar-refractivity contribution in [1.29, 1.82) is 0 Å². The van der Waals surface area contributed by atoms with Gasteiger partial charge in [0.25, 0.3) is 0 Å². The molecule has 8 nitrogen and oxygen atoms in total. The predicted molar refractivity (Wildman–Crippen MR) is 125 cm³/mol. The molecule has 0 aromatic heterocycles. The number of carbonyl (C=O) groups is 1. The van der Waals surface area contributed by atoms with Crippen molar-refractivity contribution in [2.45, 2.75) is 43.2 Å². The molecule has 1 heterocycles. The van der Waals surface area contributed by atoms with E-state index in [-0.39, 0.29) is 11.4 Å². The smallest absolute Gasteiger partial charge is 0.302 e. The molecule has 0 saturated carbocycles. The van der Waals surface area contributed by atoms with Crippen LogP contribution in [0.1, 0.15) is 25.0 Å². The highest BCUT2D eigenvalue weighted by Crippen LogP contribution is 2.30. The molecule has 0 fully saturated rings. The minimum Gasteiger partial charge on any atom is -0.493 e. The van der Waals surface area contributed by atoms with Gasteiger partial charge in [0.2, 0.25) is 0 Å². The topological polar surface area (TPSA) is 94.2 Å². The fourth-order valence-corrected chi connectivity index (χ4v) is 5.23. The molecule has 180 valence electrons. The third-order valence-corrected chi connectivity index (χ3v) is 7.79. The summed E-state index contributed by atoms with van der Waals surface area (Å²) >= 11 is 0. The van der Waals surface area contributed by atoms with Crippen LogP contribution in [0.5, 0.6) is 11.5 Å². The maximum Gasteiger partial charge on any atom is 0.302 e. The van der Waals surface area contributed by atoms with Gasteiger partial charge >= 0.3 is 5.97 Å². The van der Waals surface area contributed by atoms with E-state index in [1.165, 1.54) is 44.4 Å². The van der Waals surface area contributed by atoms with E-state index < -0.39 is 27.3 Å². The molecule has 2 atom stereocenters. The van der Waals surface area contributed by atoms with Crippen LogP contribution in [0.3, 0.4) is 0 Å². The third-order valence-electron chi connectivity index (χ3n) is 5.79. The minimum absolute atomic E-state index is 0.122. The largest absolute Gasteiger partial charge is 0.493 e. The van der Waals surface area contributed by atoms with Gasteiger partial charge in [0.05, 0.1) is 19.1 Å². The van der Waals surface area contributed by atoms with Gasteiger partial charge < -0.3 is 14.2 Å². The Kier molecular flexibility index (Phi) is 8.34. The zero-order chi connectivity index (χ0) is 24.0. The first-order valence-electron chi connectivity index (χ1n) is 10.9. The Balaban J connectivity index is 1.66. The van der Waals surface area contributed by atoms with Crippen molar-refractivity contribution in [1.82, 2.24) is 10.2 Å².